The minimum atomic E-state index is 1.10. The van der Waals surface area contributed by atoms with E-state index in [2.05, 4.69) is 46.0 Å². The molecule has 0 amide bonds. The molecule has 0 saturated carbocycles. The highest BCUT2D eigenvalue weighted by Gasteiger charge is 2.12. The van der Waals surface area contributed by atoms with Crippen LogP contribution in [0.1, 0.15) is 25.3 Å². The van der Waals surface area contributed by atoms with E-state index in [4.69, 9.17) is 0 Å². The molecule has 1 nitrogen and oxygen atoms in total. The van der Waals surface area contributed by atoms with Crippen molar-refractivity contribution in [2.75, 3.05) is 18.0 Å². The molecule has 0 radical (unpaired) electrons. The van der Waals surface area contributed by atoms with Crippen molar-refractivity contribution in [1.82, 2.24) is 0 Å². The van der Waals surface area contributed by atoms with Crippen LogP contribution in [0, 0.1) is 0 Å². The van der Waals surface area contributed by atoms with Crippen molar-refractivity contribution < 1.29 is 0 Å². The molecule has 2 rings (SSSR count). The van der Waals surface area contributed by atoms with Gasteiger partial charge in [0.1, 0.15) is 0 Å². The van der Waals surface area contributed by atoms with Gasteiger partial charge in [0.2, 0.25) is 0 Å². The number of aryl methyl sites for hydroxylation is 1. The van der Waals surface area contributed by atoms with Crippen molar-refractivity contribution in [3.8, 4) is 0 Å². The second-order valence-corrected chi connectivity index (χ2v) is 4.68. The van der Waals surface area contributed by atoms with Gasteiger partial charge in [-0.15, -0.1) is 0 Å². The summed E-state index contributed by atoms with van der Waals surface area (Å²) in [6.07, 6.45) is 3.78. The van der Waals surface area contributed by atoms with Gasteiger partial charge in [-0.05, 0) is 37.0 Å². The molecular weight excluding hydrogens is 238 g/mol. The highest BCUT2D eigenvalue weighted by atomic mass is 79.9. The highest BCUT2D eigenvalue weighted by molar-refractivity contribution is 9.10. The second kappa shape index (κ2) is 4.35. The summed E-state index contributed by atoms with van der Waals surface area (Å²) in [5.74, 6) is 0. The predicted molar refractivity (Wildman–Crippen MR) is 65.0 cm³/mol. The number of benzene rings is 1. The molecular formula is C12H16BrN. The van der Waals surface area contributed by atoms with Crippen LogP contribution in [0.5, 0.6) is 0 Å². The van der Waals surface area contributed by atoms with Crippen LogP contribution < -0.4 is 4.90 Å². The SMILES string of the molecule is CCc1ccc(N2CCCC2)cc1Br. The Morgan fingerprint density at radius 1 is 1.29 bits per heavy atom. The Morgan fingerprint density at radius 3 is 2.57 bits per heavy atom. The van der Waals surface area contributed by atoms with Crippen LogP contribution in [0.4, 0.5) is 5.69 Å². The summed E-state index contributed by atoms with van der Waals surface area (Å²) in [5.41, 5.74) is 2.76. The summed E-state index contributed by atoms with van der Waals surface area (Å²) in [6.45, 7) is 4.63. The average Bonchev–Trinajstić information content (AvgIpc) is 2.70. The summed E-state index contributed by atoms with van der Waals surface area (Å²) < 4.78 is 1.25. The van der Waals surface area contributed by atoms with E-state index in [-0.39, 0.29) is 0 Å². The summed E-state index contributed by atoms with van der Waals surface area (Å²) in [5, 5.41) is 0. The van der Waals surface area contributed by atoms with Gasteiger partial charge in [0.05, 0.1) is 0 Å². The number of nitrogens with zero attached hydrogens (tertiary/aromatic N) is 1. The molecule has 0 aromatic heterocycles. The Bertz CT molecular complexity index is 316. The zero-order valence-electron chi connectivity index (χ0n) is 8.59. The number of halogens is 1. The molecule has 1 fully saturated rings. The minimum absolute atomic E-state index is 1.10. The van der Waals surface area contributed by atoms with Crippen LogP contribution in [-0.2, 0) is 6.42 Å². The summed E-state index contributed by atoms with van der Waals surface area (Å²) >= 11 is 3.63. The van der Waals surface area contributed by atoms with Crippen LogP contribution in [0.25, 0.3) is 0 Å². The van der Waals surface area contributed by atoms with Gasteiger partial charge in [0.25, 0.3) is 0 Å². The quantitative estimate of drug-likeness (QED) is 0.779. The first-order chi connectivity index (χ1) is 6.81. The summed E-state index contributed by atoms with van der Waals surface area (Å²) in [4.78, 5) is 2.46. The largest absolute Gasteiger partial charge is 0.372 e. The van der Waals surface area contributed by atoms with Gasteiger partial charge in [-0.25, -0.2) is 0 Å². The molecule has 1 heterocycles. The van der Waals surface area contributed by atoms with E-state index in [0.29, 0.717) is 0 Å². The zero-order valence-corrected chi connectivity index (χ0v) is 10.2. The Labute approximate surface area is 94.2 Å². The Balaban J connectivity index is 2.23. The Kier molecular flexibility index (Phi) is 3.12. The van der Waals surface area contributed by atoms with E-state index in [1.807, 2.05) is 0 Å². The molecule has 1 aromatic rings. The lowest BCUT2D eigenvalue weighted by molar-refractivity contribution is 0.949. The molecule has 0 atom stereocenters. The molecule has 0 N–H and O–H groups in total. The molecule has 76 valence electrons. The van der Waals surface area contributed by atoms with Gasteiger partial charge in [0, 0.05) is 23.2 Å². The van der Waals surface area contributed by atoms with Crippen LogP contribution in [-0.4, -0.2) is 13.1 Å². The van der Waals surface area contributed by atoms with E-state index in [0.717, 1.165) is 6.42 Å². The fourth-order valence-electron chi connectivity index (χ4n) is 1.99. The number of anilines is 1. The second-order valence-electron chi connectivity index (χ2n) is 3.82. The standard InChI is InChI=1S/C12H16BrN/c1-2-10-5-6-11(9-12(10)13)14-7-3-4-8-14/h5-6,9H,2-4,7-8H2,1H3. The van der Waals surface area contributed by atoms with Gasteiger partial charge in [0.15, 0.2) is 0 Å². The first-order valence-corrected chi connectivity index (χ1v) is 6.14. The van der Waals surface area contributed by atoms with Crippen LogP contribution >= 0.6 is 15.9 Å². The first-order valence-electron chi connectivity index (χ1n) is 5.34. The first kappa shape index (κ1) is 10.0. The third-order valence-corrected chi connectivity index (χ3v) is 3.63. The Hall–Kier alpha value is -0.500. The minimum Gasteiger partial charge on any atom is -0.372 e. The smallest absolute Gasteiger partial charge is 0.0377 e. The van der Waals surface area contributed by atoms with Gasteiger partial charge < -0.3 is 4.90 Å². The van der Waals surface area contributed by atoms with Crippen LogP contribution in [0.2, 0.25) is 0 Å². The van der Waals surface area contributed by atoms with Gasteiger partial charge in [-0.3, -0.25) is 0 Å². The molecule has 0 bridgehead atoms. The average molecular weight is 254 g/mol. The van der Waals surface area contributed by atoms with Gasteiger partial charge >= 0.3 is 0 Å². The molecule has 14 heavy (non-hydrogen) atoms. The lowest BCUT2D eigenvalue weighted by Gasteiger charge is -2.18. The van der Waals surface area contributed by atoms with Crippen molar-refractivity contribution in [2.45, 2.75) is 26.2 Å². The monoisotopic (exact) mass is 253 g/mol. The van der Waals surface area contributed by atoms with Crippen molar-refractivity contribution in [2.24, 2.45) is 0 Å². The summed E-state index contributed by atoms with van der Waals surface area (Å²) in [7, 11) is 0. The van der Waals surface area contributed by atoms with Crippen molar-refractivity contribution in [3.63, 3.8) is 0 Å². The maximum absolute atomic E-state index is 3.63. The van der Waals surface area contributed by atoms with Crippen molar-refractivity contribution in [3.05, 3.63) is 28.2 Å². The highest BCUT2D eigenvalue weighted by Crippen LogP contribution is 2.26. The molecule has 1 aliphatic heterocycles. The third kappa shape index (κ3) is 1.95. The maximum Gasteiger partial charge on any atom is 0.0377 e. The Morgan fingerprint density at radius 2 is 2.00 bits per heavy atom. The number of hydrogen-bond donors (Lipinski definition) is 0. The molecule has 1 aromatic carbocycles. The lowest BCUT2D eigenvalue weighted by atomic mass is 10.1. The van der Waals surface area contributed by atoms with Crippen molar-refractivity contribution >= 4 is 21.6 Å². The molecule has 0 spiro atoms. The van der Waals surface area contributed by atoms with E-state index in [1.165, 1.54) is 41.7 Å². The molecule has 1 saturated heterocycles. The molecule has 0 unspecified atom stereocenters. The van der Waals surface area contributed by atoms with Crippen LogP contribution in [0.15, 0.2) is 22.7 Å². The normalized spacial score (nSPS) is 16.3. The topological polar surface area (TPSA) is 3.24 Å². The third-order valence-electron chi connectivity index (χ3n) is 2.89. The van der Waals surface area contributed by atoms with Crippen molar-refractivity contribution in [1.29, 1.82) is 0 Å². The zero-order chi connectivity index (χ0) is 9.97. The van der Waals surface area contributed by atoms with Crippen LogP contribution in [0.3, 0.4) is 0 Å². The van der Waals surface area contributed by atoms with E-state index < -0.39 is 0 Å². The number of hydrogen-bond acceptors (Lipinski definition) is 1. The lowest BCUT2D eigenvalue weighted by Crippen LogP contribution is -2.17. The molecule has 2 heteroatoms. The predicted octanol–water partition coefficient (Wildman–Crippen LogP) is 3.61. The van der Waals surface area contributed by atoms with E-state index in [9.17, 15) is 0 Å². The van der Waals surface area contributed by atoms with Gasteiger partial charge in [-0.2, -0.15) is 0 Å². The summed E-state index contributed by atoms with van der Waals surface area (Å²) in [6, 6.07) is 6.73. The maximum atomic E-state index is 3.63. The molecule has 1 aliphatic rings. The van der Waals surface area contributed by atoms with Gasteiger partial charge in [-0.1, -0.05) is 28.9 Å². The van der Waals surface area contributed by atoms with E-state index >= 15 is 0 Å². The van der Waals surface area contributed by atoms with E-state index in [1.54, 1.807) is 0 Å². The number of rotatable bonds is 2. The fourth-order valence-corrected chi connectivity index (χ4v) is 2.64. The fraction of sp³-hybridized carbons (Fsp3) is 0.500. The molecule has 0 aliphatic carbocycles.